The molecule has 1 atom stereocenters. The Labute approximate surface area is 129 Å². The topological polar surface area (TPSA) is 76.9 Å². The standard InChI is InChI=1S/C13H17ClN4O2S/c1-3-21(19,20)7-10(2)17-12-6-4-5-11(14)13(12)18-9-15-8-16-18/h4-6,8-10,17H,3,7H2,1-2H3. The van der Waals surface area contributed by atoms with E-state index in [4.69, 9.17) is 11.6 Å². The van der Waals surface area contributed by atoms with Crippen LogP contribution in [0.1, 0.15) is 13.8 Å². The Bertz CT molecular complexity index is 701. The molecule has 1 aromatic heterocycles. The van der Waals surface area contributed by atoms with E-state index in [1.807, 2.05) is 13.0 Å². The highest BCUT2D eigenvalue weighted by Crippen LogP contribution is 2.28. The zero-order valence-corrected chi connectivity index (χ0v) is 13.4. The molecule has 0 amide bonds. The number of nitrogens with one attached hydrogen (secondary N) is 1. The van der Waals surface area contributed by atoms with Crippen molar-refractivity contribution < 1.29 is 8.42 Å². The van der Waals surface area contributed by atoms with Gasteiger partial charge in [-0.2, -0.15) is 5.10 Å². The van der Waals surface area contributed by atoms with Gasteiger partial charge in [0.2, 0.25) is 0 Å². The van der Waals surface area contributed by atoms with Gasteiger partial charge in [-0.15, -0.1) is 0 Å². The zero-order valence-electron chi connectivity index (χ0n) is 11.8. The van der Waals surface area contributed by atoms with E-state index in [-0.39, 0.29) is 17.5 Å². The molecule has 0 bridgehead atoms. The van der Waals surface area contributed by atoms with Crippen molar-refractivity contribution in [2.24, 2.45) is 0 Å². The molecule has 0 aliphatic heterocycles. The zero-order chi connectivity index (χ0) is 15.5. The fourth-order valence-corrected chi connectivity index (χ4v) is 3.34. The molecule has 1 N–H and O–H groups in total. The largest absolute Gasteiger partial charge is 0.380 e. The number of aromatic nitrogens is 3. The van der Waals surface area contributed by atoms with Gasteiger partial charge in [-0.05, 0) is 19.1 Å². The van der Waals surface area contributed by atoms with E-state index in [0.29, 0.717) is 16.4 Å². The van der Waals surface area contributed by atoms with Gasteiger partial charge in [-0.1, -0.05) is 24.6 Å². The van der Waals surface area contributed by atoms with Crippen LogP contribution in [-0.2, 0) is 9.84 Å². The number of hydrogen-bond acceptors (Lipinski definition) is 5. The minimum absolute atomic E-state index is 0.0623. The van der Waals surface area contributed by atoms with Crippen LogP contribution in [-0.4, -0.2) is 40.7 Å². The minimum atomic E-state index is -3.05. The van der Waals surface area contributed by atoms with Crippen LogP contribution in [0.5, 0.6) is 0 Å². The Morgan fingerprint density at radius 3 is 2.81 bits per heavy atom. The molecule has 0 spiro atoms. The average molecular weight is 329 g/mol. The molecule has 0 radical (unpaired) electrons. The molecule has 0 saturated heterocycles. The molecule has 114 valence electrons. The molecule has 2 rings (SSSR count). The molecule has 21 heavy (non-hydrogen) atoms. The third-order valence-electron chi connectivity index (χ3n) is 2.98. The molecule has 2 aromatic rings. The summed E-state index contributed by atoms with van der Waals surface area (Å²) in [7, 11) is -3.05. The Morgan fingerprint density at radius 1 is 1.43 bits per heavy atom. The lowest BCUT2D eigenvalue weighted by atomic mass is 10.2. The van der Waals surface area contributed by atoms with Crippen LogP contribution >= 0.6 is 11.6 Å². The molecule has 0 aliphatic carbocycles. The van der Waals surface area contributed by atoms with E-state index in [1.54, 1.807) is 30.1 Å². The molecule has 0 fully saturated rings. The Kier molecular flexibility index (Phi) is 4.84. The highest BCUT2D eigenvalue weighted by Gasteiger charge is 2.16. The van der Waals surface area contributed by atoms with E-state index in [9.17, 15) is 8.42 Å². The van der Waals surface area contributed by atoms with Crippen molar-refractivity contribution in [2.45, 2.75) is 19.9 Å². The first-order chi connectivity index (χ1) is 9.93. The number of anilines is 1. The second-order valence-electron chi connectivity index (χ2n) is 4.72. The van der Waals surface area contributed by atoms with Crippen molar-refractivity contribution in [1.29, 1.82) is 0 Å². The van der Waals surface area contributed by atoms with Gasteiger partial charge in [0.15, 0.2) is 9.84 Å². The minimum Gasteiger partial charge on any atom is -0.380 e. The van der Waals surface area contributed by atoms with Crippen molar-refractivity contribution in [1.82, 2.24) is 14.8 Å². The first kappa shape index (κ1) is 15.8. The first-order valence-corrected chi connectivity index (χ1v) is 8.73. The number of nitrogens with zero attached hydrogens (tertiary/aromatic N) is 3. The van der Waals surface area contributed by atoms with E-state index < -0.39 is 9.84 Å². The highest BCUT2D eigenvalue weighted by molar-refractivity contribution is 7.91. The summed E-state index contributed by atoms with van der Waals surface area (Å²) >= 11 is 6.22. The van der Waals surface area contributed by atoms with Gasteiger partial charge in [0.25, 0.3) is 0 Å². The molecule has 1 aromatic carbocycles. The summed E-state index contributed by atoms with van der Waals surface area (Å²) in [5, 5.41) is 7.76. The van der Waals surface area contributed by atoms with E-state index in [2.05, 4.69) is 15.4 Å². The Balaban J connectivity index is 2.27. The maximum atomic E-state index is 11.7. The van der Waals surface area contributed by atoms with Crippen LogP contribution in [0.15, 0.2) is 30.9 Å². The third-order valence-corrected chi connectivity index (χ3v) is 5.17. The maximum Gasteiger partial charge on any atom is 0.152 e. The quantitative estimate of drug-likeness (QED) is 0.879. The second kappa shape index (κ2) is 6.44. The van der Waals surface area contributed by atoms with Gasteiger partial charge < -0.3 is 5.32 Å². The van der Waals surface area contributed by atoms with Gasteiger partial charge in [0, 0.05) is 11.8 Å². The monoisotopic (exact) mass is 328 g/mol. The SMILES string of the molecule is CCS(=O)(=O)CC(C)Nc1cccc(Cl)c1-n1cncn1. The number of rotatable bonds is 6. The summed E-state index contributed by atoms with van der Waals surface area (Å²) in [5.41, 5.74) is 1.37. The molecular formula is C13H17ClN4O2S. The summed E-state index contributed by atoms with van der Waals surface area (Å²) in [4.78, 5) is 3.90. The van der Waals surface area contributed by atoms with Crippen LogP contribution in [0.25, 0.3) is 5.69 Å². The molecule has 0 saturated carbocycles. The molecule has 8 heteroatoms. The van der Waals surface area contributed by atoms with Gasteiger partial charge in [0.1, 0.15) is 18.3 Å². The molecular weight excluding hydrogens is 312 g/mol. The van der Waals surface area contributed by atoms with E-state index >= 15 is 0 Å². The summed E-state index contributed by atoms with van der Waals surface area (Å²) < 4.78 is 24.9. The van der Waals surface area contributed by atoms with Crippen LogP contribution in [0.4, 0.5) is 5.69 Å². The van der Waals surface area contributed by atoms with Gasteiger partial charge >= 0.3 is 0 Å². The maximum absolute atomic E-state index is 11.7. The molecule has 1 heterocycles. The lowest BCUT2D eigenvalue weighted by Crippen LogP contribution is -2.27. The number of hydrogen-bond donors (Lipinski definition) is 1. The molecule has 1 unspecified atom stereocenters. The smallest absolute Gasteiger partial charge is 0.152 e. The van der Waals surface area contributed by atoms with Crippen molar-refractivity contribution in [2.75, 3.05) is 16.8 Å². The predicted molar refractivity (Wildman–Crippen MR) is 83.8 cm³/mol. The van der Waals surface area contributed by atoms with Gasteiger partial charge in [0.05, 0.1) is 16.5 Å². The fraction of sp³-hybridized carbons (Fsp3) is 0.385. The summed E-state index contributed by atoms with van der Waals surface area (Å²) in [6.45, 7) is 3.46. The summed E-state index contributed by atoms with van der Waals surface area (Å²) in [5.74, 6) is 0.192. The number of halogens is 1. The number of para-hydroxylation sites is 1. The lowest BCUT2D eigenvalue weighted by Gasteiger charge is -2.18. The number of benzene rings is 1. The van der Waals surface area contributed by atoms with Crippen molar-refractivity contribution >= 4 is 27.1 Å². The van der Waals surface area contributed by atoms with Crippen LogP contribution < -0.4 is 5.32 Å². The number of sulfone groups is 1. The van der Waals surface area contributed by atoms with Crippen LogP contribution in [0, 0.1) is 0 Å². The lowest BCUT2D eigenvalue weighted by molar-refractivity contribution is 0.593. The second-order valence-corrected chi connectivity index (χ2v) is 7.53. The van der Waals surface area contributed by atoms with Crippen LogP contribution in [0.3, 0.4) is 0 Å². The fourth-order valence-electron chi connectivity index (χ4n) is 1.99. The molecule has 6 nitrogen and oxygen atoms in total. The summed E-state index contributed by atoms with van der Waals surface area (Å²) in [6.07, 6.45) is 2.96. The third kappa shape index (κ3) is 3.95. The Morgan fingerprint density at radius 2 is 2.19 bits per heavy atom. The van der Waals surface area contributed by atoms with E-state index in [1.165, 1.54) is 6.33 Å². The van der Waals surface area contributed by atoms with Gasteiger partial charge in [-0.25, -0.2) is 18.1 Å². The average Bonchev–Trinajstić information content (AvgIpc) is 2.91. The van der Waals surface area contributed by atoms with Crippen molar-refractivity contribution in [3.63, 3.8) is 0 Å². The normalized spacial score (nSPS) is 13.1. The van der Waals surface area contributed by atoms with Crippen LogP contribution in [0.2, 0.25) is 5.02 Å². The molecule has 0 aliphatic rings. The van der Waals surface area contributed by atoms with E-state index in [0.717, 1.165) is 0 Å². The van der Waals surface area contributed by atoms with Gasteiger partial charge in [-0.3, -0.25) is 0 Å². The summed E-state index contributed by atoms with van der Waals surface area (Å²) in [6, 6.07) is 5.14. The van der Waals surface area contributed by atoms with Crippen molar-refractivity contribution in [3.8, 4) is 5.69 Å². The Hall–Kier alpha value is -1.60. The highest BCUT2D eigenvalue weighted by atomic mass is 35.5. The van der Waals surface area contributed by atoms with Crippen molar-refractivity contribution in [3.05, 3.63) is 35.9 Å². The first-order valence-electron chi connectivity index (χ1n) is 6.53. The predicted octanol–water partition coefficient (Wildman–Crippen LogP) is 2.16.